The summed E-state index contributed by atoms with van der Waals surface area (Å²) >= 11 is 2.98. The summed E-state index contributed by atoms with van der Waals surface area (Å²) in [6.07, 6.45) is 2.14. The van der Waals surface area contributed by atoms with Gasteiger partial charge in [0.1, 0.15) is 5.82 Å². The quantitative estimate of drug-likeness (QED) is 0.690. The Labute approximate surface area is 94.8 Å². The van der Waals surface area contributed by atoms with Gasteiger partial charge in [0.25, 0.3) is 0 Å². The molecule has 1 aliphatic rings. The molecule has 3 nitrogen and oxygen atoms in total. The Morgan fingerprint density at radius 2 is 2.00 bits per heavy atom. The zero-order chi connectivity index (χ0) is 11.2. The number of aromatic hydroxyl groups is 2. The first kappa shape index (κ1) is 10.7. The molecule has 1 aromatic rings. The van der Waals surface area contributed by atoms with Gasteiger partial charge in [-0.3, -0.25) is 0 Å². The largest absolute Gasteiger partial charge is 0.504 e. The van der Waals surface area contributed by atoms with Gasteiger partial charge < -0.3 is 15.9 Å². The topological polar surface area (TPSA) is 66.5 Å². The van der Waals surface area contributed by atoms with E-state index in [1.165, 1.54) is 0 Å². The SMILES string of the molecule is NC1(c2c(O)c(O)cc(Br)c2F)CCC1. The summed E-state index contributed by atoms with van der Waals surface area (Å²) in [5.74, 6) is -1.39. The van der Waals surface area contributed by atoms with E-state index in [1.54, 1.807) is 0 Å². The van der Waals surface area contributed by atoms with Gasteiger partial charge in [0.05, 0.1) is 10.0 Å². The zero-order valence-electron chi connectivity index (χ0n) is 7.93. The molecule has 0 aromatic heterocycles. The maximum Gasteiger partial charge on any atom is 0.165 e. The molecule has 1 aliphatic carbocycles. The number of nitrogens with two attached hydrogens (primary N) is 1. The molecule has 15 heavy (non-hydrogen) atoms. The van der Waals surface area contributed by atoms with E-state index >= 15 is 0 Å². The van der Waals surface area contributed by atoms with Crippen LogP contribution in [0.1, 0.15) is 24.8 Å². The summed E-state index contributed by atoms with van der Waals surface area (Å²) in [5.41, 5.74) is 5.11. The molecule has 0 amide bonds. The lowest BCUT2D eigenvalue weighted by Crippen LogP contribution is -2.44. The summed E-state index contributed by atoms with van der Waals surface area (Å²) in [6, 6.07) is 1.12. The smallest absolute Gasteiger partial charge is 0.165 e. The van der Waals surface area contributed by atoms with Crippen molar-refractivity contribution in [1.29, 1.82) is 0 Å². The van der Waals surface area contributed by atoms with Crippen LogP contribution in [0, 0.1) is 5.82 Å². The first-order valence-corrected chi connectivity index (χ1v) is 5.44. The molecule has 0 spiro atoms. The van der Waals surface area contributed by atoms with Gasteiger partial charge in [-0.15, -0.1) is 0 Å². The van der Waals surface area contributed by atoms with Gasteiger partial charge in [0.15, 0.2) is 11.5 Å². The number of phenolic OH excluding ortho intramolecular Hbond substituents is 2. The Hall–Kier alpha value is -0.810. The van der Waals surface area contributed by atoms with Crippen molar-refractivity contribution in [2.24, 2.45) is 5.73 Å². The predicted molar refractivity (Wildman–Crippen MR) is 57.1 cm³/mol. The molecule has 0 atom stereocenters. The van der Waals surface area contributed by atoms with Gasteiger partial charge in [0.2, 0.25) is 0 Å². The fraction of sp³-hybridized carbons (Fsp3) is 0.400. The summed E-state index contributed by atoms with van der Waals surface area (Å²) in [7, 11) is 0. The lowest BCUT2D eigenvalue weighted by Gasteiger charge is -2.39. The Bertz CT molecular complexity index is 392. The second-order valence-corrected chi connectivity index (χ2v) is 4.78. The second-order valence-electron chi connectivity index (χ2n) is 3.92. The molecule has 4 N–H and O–H groups in total. The normalized spacial score (nSPS) is 18.6. The third-order valence-electron chi connectivity index (χ3n) is 2.92. The minimum atomic E-state index is -0.838. The Morgan fingerprint density at radius 3 is 2.47 bits per heavy atom. The summed E-state index contributed by atoms with van der Waals surface area (Å²) in [5, 5.41) is 19.0. The Kier molecular flexibility index (Phi) is 2.39. The standard InChI is InChI=1S/C10H11BrFNO2/c11-5-4-6(14)9(15)7(8(5)12)10(13)2-1-3-10/h4,14-15H,1-3,13H2. The van der Waals surface area contributed by atoms with Gasteiger partial charge in [0, 0.05) is 11.6 Å². The maximum absolute atomic E-state index is 13.8. The van der Waals surface area contributed by atoms with Crippen molar-refractivity contribution in [2.45, 2.75) is 24.8 Å². The van der Waals surface area contributed by atoms with Crippen LogP contribution in [0.25, 0.3) is 0 Å². The maximum atomic E-state index is 13.8. The number of rotatable bonds is 1. The van der Waals surface area contributed by atoms with E-state index in [4.69, 9.17) is 5.73 Å². The molecule has 0 radical (unpaired) electrons. The molecule has 1 fully saturated rings. The number of phenols is 2. The monoisotopic (exact) mass is 275 g/mol. The van der Waals surface area contributed by atoms with Crippen molar-refractivity contribution in [2.75, 3.05) is 0 Å². The van der Waals surface area contributed by atoms with E-state index in [-0.39, 0.29) is 15.8 Å². The van der Waals surface area contributed by atoms with Gasteiger partial charge in [-0.25, -0.2) is 4.39 Å². The van der Waals surface area contributed by atoms with Crippen LogP contribution in [0.3, 0.4) is 0 Å². The van der Waals surface area contributed by atoms with E-state index in [1.807, 2.05) is 0 Å². The molecule has 0 aliphatic heterocycles. The molecular weight excluding hydrogens is 265 g/mol. The molecular formula is C10H11BrFNO2. The van der Waals surface area contributed by atoms with Crippen LogP contribution in [-0.4, -0.2) is 10.2 Å². The Morgan fingerprint density at radius 1 is 1.40 bits per heavy atom. The molecule has 1 aromatic carbocycles. The van der Waals surface area contributed by atoms with Crippen LogP contribution in [0.15, 0.2) is 10.5 Å². The molecule has 0 unspecified atom stereocenters. The lowest BCUT2D eigenvalue weighted by atomic mass is 9.72. The molecule has 5 heteroatoms. The average Bonchev–Trinajstić information content (AvgIpc) is 2.12. The third-order valence-corrected chi connectivity index (χ3v) is 3.49. The van der Waals surface area contributed by atoms with Crippen molar-refractivity contribution >= 4 is 15.9 Å². The highest BCUT2D eigenvalue weighted by atomic mass is 79.9. The first-order chi connectivity index (χ1) is 6.96. The van der Waals surface area contributed by atoms with E-state index < -0.39 is 17.1 Å². The van der Waals surface area contributed by atoms with Gasteiger partial charge >= 0.3 is 0 Å². The minimum absolute atomic E-state index is 0.0145. The minimum Gasteiger partial charge on any atom is -0.504 e. The van der Waals surface area contributed by atoms with Crippen molar-refractivity contribution < 1.29 is 14.6 Å². The number of halogens is 2. The van der Waals surface area contributed by atoms with Crippen LogP contribution in [0.2, 0.25) is 0 Å². The number of hydrogen-bond acceptors (Lipinski definition) is 3. The van der Waals surface area contributed by atoms with E-state index in [0.29, 0.717) is 12.8 Å². The highest BCUT2D eigenvalue weighted by molar-refractivity contribution is 9.10. The van der Waals surface area contributed by atoms with E-state index in [2.05, 4.69) is 15.9 Å². The van der Waals surface area contributed by atoms with E-state index in [0.717, 1.165) is 12.5 Å². The predicted octanol–water partition coefficient (Wildman–Crippen LogP) is 2.34. The molecule has 82 valence electrons. The molecule has 1 saturated carbocycles. The fourth-order valence-electron chi connectivity index (χ4n) is 1.87. The third kappa shape index (κ3) is 1.50. The van der Waals surface area contributed by atoms with Gasteiger partial charge in [-0.2, -0.15) is 0 Å². The highest BCUT2D eigenvalue weighted by Gasteiger charge is 2.40. The summed E-state index contributed by atoms with van der Waals surface area (Å²) in [4.78, 5) is 0. The van der Waals surface area contributed by atoms with Gasteiger partial charge in [-0.05, 0) is 35.2 Å². The van der Waals surface area contributed by atoms with Crippen LogP contribution in [-0.2, 0) is 5.54 Å². The van der Waals surface area contributed by atoms with Crippen LogP contribution in [0.4, 0.5) is 4.39 Å². The summed E-state index contributed by atoms with van der Waals surface area (Å²) < 4.78 is 13.9. The second kappa shape index (κ2) is 3.35. The van der Waals surface area contributed by atoms with Crippen molar-refractivity contribution in [3.8, 4) is 11.5 Å². The molecule has 0 bridgehead atoms. The van der Waals surface area contributed by atoms with Crippen LogP contribution in [0.5, 0.6) is 11.5 Å². The van der Waals surface area contributed by atoms with Gasteiger partial charge in [-0.1, -0.05) is 0 Å². The molecule has 2 rings (SSSR count). The summed E-state index contributed by atoms with van der Waals surface area (Å²) in [6.45, 7) is 0. The average molecular weight is 276 g/mol. The zero-order valence-corrected chi connectivity index (χ0v) is 9.51. The number of benzene rings is 1. The first-order valence-electron chi connectivity index (χ1n) is 4.65. The lowest BCUT2D eigenvalue weighted by molar-refractivity contribution is 0.233. The fourth-order valence-corrected chi connectivity index (χ4v) is 2.28. The van der Waals surface area contributed by atoms with Crippen molar-refractivity contribution in [3.63, 3.8) is 0 Å². The van der Waals surface area contributed by atoms with Crippen molar-refractivity contribution in [3.05, 3.63) is 21.9 Å². The molecule has 0 heterocycles. The van der Waals surface area contributed by atoms with Crippen LogP contribution < -0.4 is 5.73 Å². The van der Waals surface area contributed by atoms with E-state index in [9.17, 15) is 14.6 Å². The number of hydrogen-bond donors (Lipinski definition) is 3. The molecule has 0 saturated heterocycles. The van der Waals surface area contributed by atoms with Crippen molar-refractivity contribution in [1.82, 2.24) is 0 Å². The van der Waals surface area contributed by atoms with Crippen LogP contribution >= 0.6 is 15.9 Å². The Balaban J connectivity index is 2.63. The highest BCUT2D eigenvalue weighted by Crippen LogP contribution is 2.48.